The van der Waals surface area contributed by atoms with Crippen LogP contribution in [0.2, 0.25) is 0 Å². The maximum absolute atomic E-state index is 10.5. The van der Waals surface area contributed by atoms with Crippen molar-refractivity contribution < 1.29 is 13.0 Å². The lowest BCUT2D eigenvalue weighted by molar-refractivity contribution is 0.483. The van der Waals surface area contributed by atoms with Crippen LogP contribution in [0.25, 0.3) is 0 Å². The maximum atomic E-state index is 10.5. The number of hydrogen-bond acceptors (Lipinski definition) is 6. The molecule has 0 radical (unpaired) electrons. The Morgan fingerprint density at radius 2 is 1.94 bits per heavy atom. The normalized spacial score (nSPS) is 10.6. The van der Waals surface area contributed by atoms with Gasteiger partial charge in [-0.3, -0.25) is 9.27 Å². The van der Waals surface area contributed by atoms with Crippen LogP contribution < -0.4 is 4.72 Å². The molecule has 1 aromatic carbocycles. The van der Waals surface area contributed by atoms with Crippen molar-refractivity contribution in [2.75, 3.05) is 12.3 Å². The van der Waals surface area contributed by atoms with Gasteiger partial charge in [0.2, 0.25) is 0 Å². The van der Waals surface area contributed by atoms with Crippen LogP contribution in [0, 0.1) is 22.7 Å². The smallest absolute Gasteiger partial charge is 0.266 e. The minimum atomic E-state index is -3.97. The fraction of sp³-hybridized carbons (Fsp3) is 0.200. The standard InChI is InChI=1S/C10H9N3O3S2/c11-6-8-1-2-10(5-9(8)7-12)17-13-3-4-18(14,15)16/h1-2,5,13H,3-4H2,(H,14,15,16). The first-order chi connectivity index (χ1) is 8.46. The van der Waals surface area contributed by atoms with Gasteiger partial charge in [-0.1, -0.05) is 0 Å². The van der Waals surface area contributed by atoms with Gasteiger partial charge in [-0.2, -0.15) is 18.9 Å². The summed E-state index contributed by atoms with van der Waals surface area (Å²) in [6.45, 7) is 0.0748. The zero-order valence-corrected chi connectivity index (χ0v) is 10.8. The molecule has 94 valence electrons. The summed E-state index contributed by atoms with van der Waals surface area (Å²) >= 11 is 1.12. The van der Waals surface area contributed by atoms with Crippen LogP contribution in [0.3, 0.4) is 0 Å². The zero-order valence-electron chi connectivity index (χ0n) is 9.12. The number of hydrogen-bond donors (Lipinski definition) is 2. The lowest BCUT2D eigenvalue weighted by Crippen LogP contribution is -2.16. The highest BCUT2D eigenvalue weighted by Crippen LogP contribution is 2.18. The van der Waals surface area contributed by atoms with E-state index in [1.807, 2.05) is 12.1 Å². The molecule has 2 N–H and O–H groups in total. The predicted molar refractivity (Wildman–Crippen MR) is 66.1 cm³/mol. The van der Waals surface area contributed by atoms with E-state index in [0.717, 1.165) is 11.9 Å². The topological polar surface area (TPSA) is 114 Å². The van der Waals surface area contributed by atoms with Crippen LogP contribution >= 0.6 is 11.9 Å². The van der Waals surface area contributed by atoms with E-state index in [1.54, 1.807) is 6.07 Å². The largest absolute Gasteiger partial charge is 0.286 e. The first-order valence-electron chi connectivity index (χ1n) is 4.75. The van der Waals surface area contributed by atoms with Gasteiger partial charge in [0.05, 0.1) is 16.9 Å². The van der Waals surface area contributed by atoms with Gasteiger partial charge in [0.15, 0.2) is 0 Å². The zero-order chi connectivity index (χ0) is 13.6. The number of nitrogens with zero attached hydrogens (tertiary/aromatic N) is 2. The number of nitrogens with one attached hydrogen (secondary N) is 1. The molecule has 0 fully saturated rings. The van der Waals surface area contributed by atoms with Gasteiger partial charge in [0.1, 0.15) is 12.1 Å². The van der Waals surface area contributed by atoms with Gasteiger partial charge in [0, 0.05) is 11.4 Å². The summed E-state index contributed by atoms with van der Waals surface area (Å²) in [6.07, 6.45) is 0. The van der Waals surface area contributed by atoms with Crippen LogP contribution in [-0.2, 0) is 10.1 Å². The van der Waals surface area contributed by atoms with Crippen molar-refractivity contribution in [1.29, 1.82) is 10.5 Å². The van der Waals surface area contributed by atoms with E-state index in [0.29, 0.717) is 10.5 Å². The van der Waals surface area contributed by atoms with E-state index in [2.05, 4.69) is 4.72 Å². The highest BCUT2D eigenvalue weighted by molar-refractivity contribution is 7.97. The molecule has 0 aromatic heterocycles. The Labute approximate surface area is 109 Å². The summed E-state index contributed by atoms with van der Waals surface area (Å²) in [4.78, 5) is 0.681. The van der Waals surface area contributed by atoms with E-state index in [1.165, 1.54) is 12.1 Å². The fourth-order valence-corrected chi connectivity index (χ4v) is 2.25. The highest BCUT2D eigenvalue weighted by Gasteiger charge is 2.05. The third-order valence-electron chi connectivity index (χ3n) is 1.88. The second-order valence-corrected chi connectivity index (χ2v) is 5.75. The third-order valence-corrected chi connectivity index (χ3v) is 3.44. The van der Waals surface area contributed by atoms with E-state index in [-0.39, 0.29) is 17.9 Å². The summed E-state index contributed by atoms with van der Waals surface area (Å²) in [6, 6.07) is 8.49. The highest BCUT2D eigenvalue weighted by atomic mass is 32.2. The van der Waals surface area contributed by atoms with E-state index >= 15 is 0 Å². The van der Waals surface area contributed by atoms with Gasteiger partial charge in [0.25, 0.3) is 10.1 Å². The predicted octanol–water partition coefficient (Wildman–Crippen LogP) is 0.914. The quantitative estimate of drug-likeness (QED) is 0.469. The van der Waals surface area contributed by atoms with Crippen molar-refractivity contribution >= 4 is 22.1 Å². The molecular formula is C10H9N3O3S2. The molecule has 0 saturated carbocycles. The molecule has 1 aromatic rings. The van der Waals surface area contributed by atoms with Crippen molar-refractivity contribution in [3.05, 3.63) is 29.3 Å². The van der Waals surface area contributed by atoms with E-state index in [9.17, 15) is 8.42 Å². The molecular weight excluding hydrogens is 274 g/mol. The van der Waals surface area contributed by atoms with Gasteiger partial charge >= 0.3 is 0 Å². The second kappa shape index (κ2) is 6.38. The average Bonchev–Trinajstić information content (AvgIpc) is 2.33. The first kappa shape index (κ1) is 14.5. The van der Waals surface area contributed by atoms with Crippen molar-refractivity contribution in [1.82, 2.24) is 4.72 Å². The molecule has 0 atom stereocenters. The Kier molecular flexibility index (Phi) is 5.13. The molecule has 0 aliphatic heterocycles. The van der Waals surface area contributed by atoms with Crippen molar-refractivity contribution in [2.45, 2.75) is 4.90 Å². The number of benzene rings is 1. The van der Waals surface area contributed by atoms with Crippen LogP contribution in [0.1, 0.15) is 11.1 Å². The Balaban J connectivity index is 2.60. The monoisotopic (exact) mass is 283 g/mol. The minimum Gasteiger partial charge on any atom is -0.286 e. The molecule has 6 nitrogen and oxygen atoms in total. The van der Waals surface area contributed by atoms with Crippen LogP contribution in [0.5, 0.6) is 0 Å². The van der Waals surface area contributed by atoms with Crippen molar-refractivity contribution in [2.24, 2.45) is 0 Å². The molecule has 0 unspecified atom stereocenters. The summed E-state index contributed by atoms with van der Waals surface area (Å²) in [5.74, 6) is -0.388. The summed E-state index contributed by atoms with van der Waals surface area (Å²) < 4.78 is 32.1. The van der Waals surface area contributed by atoms with Gasteiger partial charge in [-0.15, -0.1) is 0 Å². The van der Waals surface area contributed by atoms with Crippen LogP contribution in [0.15, 0.2) is 23.1 Å². The van der Waals surface area contributed by atoms with E-state index in [4.69, 9.17) is 15.1 Å². The second-order valence-electron chi connectivity index (χ2n) is 3.21. The molecule has 0 aliphatic rings. The summed E-state index contributed by atoms with van der Waals surface area (Å²) in [5.41, 5.74) is 0.555. The summed E-state index contributed by atoms with van der Waals surface area (Å²) in [7, 11) is -3.97. The molecule has 0 aliphatic carbocycles. The van der Waals surface area contributed by atoms with Gasteiger partial charge < -0.3 is 0 Å². The first-order valence-corrected chi connectivity index (χ1v) is 7.18. The Morgan fingerprint density at radius 1 is 1.28 bits per heavy atom. The molecule has 1 rings (SSSR count). The van der Waals surface area contributed by atoms with Crippen molar-refractivity contribution in [3.8, 4) is 12.1 Å². The minimum absolute atomic E-state index is 0.0748. The Hall–Kier alpha value is -1.58. The molecule has 8 heteroatoms. The molecule has 0 heterocycles. The molecule has 0 amide bonds. The van der Waals surface area contributed by atoms with Gasteiger partial charge in [-0.25, -0.2) is 0 Å². The van der Waals surface area contributed by atoms with Crippen LogP contribution in [-0.4, -0.2) is 25.3 Å². The van der Waals surface area contributed by atoms with Crippen LogP contribution in [0.4, 0.5) is 0 Å². The fourth-order valence-electron chi connectivity index (χ4n) is 1.08. The molecule has 0 spiro atoms. The maximum Gasteiger partial charge on any atom is 0.266 e. The third kappa shape index (κ3) is 4.73. The van der Waals surface area contributed by atoms with Gasteiger partial charge in [-0.05, 0) is 30.1 Å². The number of rotatable bonds is 5. The average molecular weight is 283 g/mol. The summed E-state index contributed by atoms with van der Waals surface area (Å²) in [5, 5.41) is 17.5. The lowest BCUT2D eigenvalue weighted by atomic mass is 10.1. The molecule has 18 heavy (non-hydrogen) atoms. The number of nitriles is 2. The SMILES string of the molecule is N#Cc1ccc(SNCCS(=O)(=O)O)cc1C#N. The molecule has 0 bridgehead atoms. The lowest BCUT2D eigenvalue weighted by Gasteiger charge is -2.03. The molecule has 0 saturated heterocycles. The Bertz CT molecular complexity index is 614. The van der Waals surface area contributed by atoms with Crippen molar-refractivity contribution in [3.63, 3.8) is 0 Å². The Morgan fingerprint density at radius 3 is 2.50 bits per heavy atom. The van der Waals surface area contributed by atoms with E-state index < -0.39 is 10.1 Å².